The summed E-state index contributed by atoms with van der Waals surface area (Å²) in [7, 11) is 0. The second-order valence-corrected chi connectivity index (χ2v) is 2.86. The van der Waals surface area contributed by atoms with Gasteiger partial charge in [-0.15, -0.1) is 0 Å². The minimum atomic E-state index is 0.713. The van der Waals surface area contributed by atoms with Crippen molar-refractivity contribution >= 4 is 0 Å². The van der Waals surface area contributed by atoms with E-state index in [0.29, 0.717) is 5.92 Å². The molecule has 0 aromatic rings. The maximum Gasteiger partial charge on any atom is 0.145 e. The highest BCUT2D eigenvalue weighted by Crippen LogP contribution is 2.48. The van der Waals surface area contributed by atoms with Gasteiger partial charge in [0, 0.05) is 12.3 Å². The van der Waals surface area contributed by atoms with Crippen molar-refractivity contribution in [3.8, 4) is 0 Å². The van der Waals surface area contributed by atoms with Gasteiger partial charge >= 0.3 is 0 Å². The van der Waals surface area contributed by atoms with Gasteiger partial charge < -0.3 is 4.74 Å². The van der Waals surface area contributed by atoms with E-state index in [1.54, 1.807) is 0 Å². The molecule has 0 saturated heterocycles. The Labute approximate surface area is 49.3 Å². The summed E-state index contributed by atoms with van der Waals surface area (Å²) in [5.74, 6) is 4.13. The van der Waals surface area contributed by atoms with Gasteiger partial charge in [-0.05, 0) is 5.92 Å². The van der Waals surface area contributed by atoms with Gasteiger partial charge in [0.2, 0.25) is 0 Å². The molecule has 2 unspecified atom stereocenters. The van der Waals surface area contributed by atoms with E-state index in [-0.39, 0.29) is 0 Å². The molecule has 0 N–H and O–H groups in total. The molecule has 0 amide bonds. The zero-order chi connectivity index (χ0) is 5.72. The normalized spacial score (nSPS) is 41.8. The van der Waals surface area contributed by atoms with Gasteiger partial charge in [-0.25, -0.2) is 0 Å². The highest BCUT2D eigenvalue weighted by molar-refractivity contribution is 5.26. The molecule has 0 bridgehead atoms. The van der Waals surface area contributed by atoms with Crippen molar-refractivity contribution in [3.05, 3.63) is 11.5 Å². The lowest BCUT2D eigenvalue weighted by Gasteiger charge is -2.10. The van der Waals surface area contributed by atoms with Crippen molar-refractivity contribution in [1.29, 1.82) is 0 Å². The lowest BCUT2D eigenvalue weighted by molar-refractivity contribution is 0.295. The van der Waals surface area contributed by atoms with Crippen LogP contribution in [0.15, 0.2) is 11.5 Å². The van der Waals surface area contributed by atoms with Crippen LogP contribution in [0.1, 0.15) is 20.3 Å². The lowest BCUT2D eigenvalue weighted by atomic mass is 9.99. The molecule has 0 aromatic carbocycles. The zero-order valence-corrected chi connectivity index (χ0v) is 5.27. The molecule has 44 valence electrons. The monoisotopic (exact) mass is 110 g/mol. The fourth-order valence-corrected chi connectivity index (χ4v) is 1.32. The van der Waals surface area contributed by atoms with E-state index in [2.05, 4.69) is 13.8 Å². The molecule has 1 heteroatoms. The van der Waals surface area contributed by atoms with Gasteiger partial charge in [0.1, 0.15) is 11.5 Å². The molecule has 0 fully saturated rings. The second kappa shape index (κ2) is 1.09. The number of hydrogen-bond acceptors (Lipinski definition) is 1. The number of hydrogen-bond donors (Lipinski definition) is 0. The molecule has 1 nitrogen and oxygen atoms in total. The van der Waals surface area contributed by atoms with Gasteiger partial charge in [0.25, 0.3) is 0 Å². The highest BCUT2D eigenvalue weighted by atomic mass is 16.6. The fraction of sp³-hybridized carbons (Fsp3) is 0.714. The first-order valence-corrected chi connectivity index (χ1v) is 3.20. The molecular formula is C7H10O. The number of rotatable bonds is 0. The van der Waals surface area contributed by atoms with E-state index in [4.69, 9.17) is 4.74 Å². The van der Waals surface area contributed by atoms with Crippen LogP contribution in [0.2, 0.25) is 0 Å². The minimum Gasteiger partial charge on any atom is -0.459 e. The SMILES string of the molecule is CC1CC2=C(O2)C1C. The molecule has 0 radical (unpaired) electrons. The van der Waals surface area contributed by atoms with E-state index in [1.165, 1.54) is 17.9 Å². The van der Waals surface area contributed by atoms with Crippen LogP contribution in [0.5, 0.6) is 0 Å². The van der Waals surface area contributed by atoms with E-state index >= 15 is 0 Å². The summed E-state index contributed by atoms with van der Waals surface area (Å²) in [6, 6.07) is 0. The second-order valence-electron chi connectivity index (χ2n) is 2.86. The third-order valence-electron chi connectivity index (χ3n) is 2.24. The number of ether oxygens (including phenoxy) is 1. The summed E-state index contributed by atoms with van der Waals surface area (Å²) in [5.41, 5.74) is 0. The largest absolute Gasteiger partial charge is 0.459 e. The Balaban J connectivity index is 2.19. The van der Waals surface area contributed by atoms with Crippen LogP contribution in [-0.4, -0.2) is 0 Å². The van der Waals surface area contributed by atoms with Crippen LogP contribution < -0.4 is 0 Å². The Morgan fingerprint density at radius 2 is 2.25 bits per heavy atom. The molecule has 0 saturated carbocycles. The summed E-state index contributed by atoms with van der Waals surface area (Å²) in [4.78, 5) is 0. The van der Waals surface area contributed by atoms with Crippen LogP contribution >= 0.6 is 0 Å². The van der Waals surface area contributed by atoms with Crippen LogP contribution in [0, 0.1) is 11.8 Å². The van der Waals surface area contributed by atoms with Crippen molar-refractivity contribution in [1.82, 2.24) is 0 Å². The van der Waals surface area contributed by atoms with Crippen molar-refractivity contribution in [2.45, 2.75) is 20.3 Å². The highest BCUT2D eigenvalue weighted by Gasteiger charge is 2.41. The third-order valence-corrected chi connectivity index (χ3v) is 2.24. The van der Waals surface area contributed by atoms with Crippen LogP contribution in [0.25, 0.3) is 0 Å². The van der Waals surface area contributed by atoms with Crippen LogP contribution in [-0.2, 0) is 4.74 Å². The topological polar surface area (TPSA) is 12.5 Å². The van der Waals surface area contributed by atoms with Gasteiger partial charge in [-0.1, -0.05) is 13.8 Å². The predicted octanol–water partition coefficient (Wildman–Crippen LogP) is 1.90. The molecule has 2 rings (SSSR count). The van der Waals surface area contributed by atoms with Crippen molar-refractivity contribution in [2.75, 3.05) is 0 Å². The van der Waals surface area contributed by atoms with Crippen molar-refractivity contribution in [3.63, 3.8) is 0 Å². The molecule has 8 heavy (non-hydrogen) atoms. The van der Waals surface area contributed by atoms with Crippen molar-refractivity contribution < 1.29 is 4.74 Å². The van der Waals surface area contributed by atoms with Gasteiger partial charge in [-0.2, -0.15) is 0 Å². The molecule has 0 aromatic heterocycles. The van der Waals surface area contributed by atoms with Gasteiger partial charge in [-0.3, -0.25) is 0 Å². The summed E-state index contributed by atoms with van der Waals surface area (Å²) >= 11 is 0. The molecule has 1 heterocycles. The summed E-state index contributed by atoms with van der Waals surface area (Å²) in [5, 5.41) is 0. The molecule has 0 spiro atoms. The fourth-order valence-electron chi connectivity index (χ4n) is 1.32. The minimum absolute atomic E-state index is 0.713. The van der Waals surface area contributed by atoms with Crippen LogP contribution in [0.3, 0.4) is 0 Å². The van der Waals surface area contributed by atoms with E-state index in [9.17, 15) is 0 Å². The standard InChI is InChI=1S/C7H10O/c1-4-3-6-7(8-6)5(4)2/h4-5H,3H2,1-2H3. The van der Waals surface area contributed by atoms with Crippen LogP contribution in [0.4, 0.5) is 0 Å². The lowest BCUT2D eigenvalue weighted by Crippen LogP contribution is -2.03. The summed E-state index contributed by atoms with van der Waals surface area (Å²) < 4.78 is 5.17. The van der Waals surface area contributed by atoms with Crippen molar-refractivity contribution in [2.24, 2.45) is 11.8 Å². The Morgan fingerprint density at radius 3 is 2.50 bits per heavy atom. The first-order chi connectivity index (χ1) is 3.79. The predicted molar refractivity (Wildman–Crippen MR) is 31.1 cm³/mol. The zero-order valence-electron chi connectivity index (χ0n) is 5.27. The molecule has 2 aliphatic rings. The smallest absolute Gasteiger partial charge is 0.145 e. The summed E-state index contributed by atoms with van der Waals surface area (Å²) in [6.45, 7) is 4.51. The first-order valence-electron chi connectivity index (χ1n) is 3.20. The maximum absolute atomic E-state index is 5.17. The molecular weight excluding hydrogens is 100 g/mol. The Kier molecular flexibility index (Phi) is 0.605. The van der Waals surface area contributed by atoms with Gasteiger partial charge in [0.05, 0.1) is 0 Å². The molecule has 1 aliphatic heterocycles. The quantitative estimate of drug-likeness (QED) is 0.464. The Bertz CT molecular complexity index is 158. The van der Waals surface area contributed by atoms with E-state index < -0.39 is 0 Å². The average molecular weight is 110 g/mol. The number of allylic oxidation sites excluding steroid dienone is 2. The van der Waals surface area contributed by atoms with E-state index in [0.717, 1.165) is 5.92 Å². The first kappa shape index (κ1) is 4.42. The maximum atomic E-state index is 5.17. The Morgan fingerprint density at radius 1 is 1.50 bits per heavy atom. The third kappa shape index (κ3) is 0.371. The Hall–Kier alpha value is -0.460. The summed E-state index contributed by atoms with van der Waals surface area (Å²) in [6.07, 6.45) is 1.19. The molecule has 1 aliphatic carbocycles. The average Bonchev–Trinajstić information content (AvgIpc) is 2.39. The molecule has 2 atom stereocenters. The van der Waals surface area contributed by atoms with Gasteiger partial charge in [0.15, 0.2) is 0 Å². The van der Waals surface area contributed by atoms with E-state index in [1.807, 2.05) is 0 Å².